The van der Waals surface area contributed by atoms with Crippen molar-refractivity contribution in [2.45, 2.75) is 6.92 Å². The minimum atomic E-state index is 0. The first-order valence-corrected chi connectivity index (χ1v) is 1.47. The topological polar surface area (TPSA) is 14.1 Å². The molecule has 0 aliphatic carbocycles. The normalized spacial score (nSPS) is 5.00. The van der Waals surface area contributed by atoms with Crippen LogP contribution in [0.15, 0.2) is 0 Å². The first-order chi connectivity index (χ1) is 1.91. The molecular formula is C3H8NSrTi-. The standard InChI is InChI=1S/C3H8N.Sr.Ti/c1-3-4-2;;/h3H2,1-2H3;;/q-1;;. The molecule has 0 aliphatic heterocycles. The fourth-order valence-corrected chi connectivity index (χ4v) is 0. The van der Waals surface area contributed by atoms with Crippen molar-refractivity contribution in [3.8, 4) is 0 Å². The van der Waals surface area contributed by atoms with Gasteiger partial charge in [0.1, 0.15) is 0 Å². The third-order valence-electron chi connectivity index (χ3n) is 0.316. The average Bonchev–Trinajstić information content (AvgIpc) is 1.37. The molecule has 0 bridgehead atoms. The Morgan fingerprint density at radius 1 is 1.50 bits per heavy atom. The second kappa shape index (κ2) is 15.7. The minimum Gasteiger partial charge on any atom is -0.665 e. The van der Waals surface area contributed by atoms with Crippen molar-refractivity contribution in [1.29, 1.82) is 0 Å². The molecule has 32 valence electrons. The van der Waals surface area contributed by atoms with E-state index in [9.17, 15) is 0 Å². The summed E-state index contributed by atoms with van der Waals surface area (Å²) in [5.74, 6) is 0. The zero-order valence-corrected chi connectivity index (χ0v) is 9.40. The van der Waals surface area contributed by atoms with Gasteiger partial charge in [-0.2, -0.15) is 13.6 Å². The van der Waals surface area contributed by atoms with Crippen molar-refractivity contribution in [3.63, 3.8) is 0 Å². The second-order valence-corrected chi connectivity index (χ2v) is 0.632. The summed E-state index contributed by atoms with van der Waals surface area (Å²) >= 11 is 0. The van der Waals surface area contributed by atoms with Crippen LogP contribution < -0.4 is 0 Å². The van der Waals surface area contributed by atoms with Crippen LogP contribution in [0.2, 0.25) is 0 Å². The van der Waals surface area contributed by atoms with E-state index in [4.69, 9.17) is 0 Å². The summed E-state index contributed by atoms with van der Waals surface area (Å²) in [5.41, 5.74) is 0. The molecule has 0 atom stereocenters. The van der Waals surface area contributed by atoms with E-state index in [-0.39, 0.29) is 67.2 Å². The molecule has 0 unspecified atom stereocenters. The minimum absolute atomic E-state index is 0. The average molecular weight is 194 g/mol. The maximum atomic E-state index is 3.74. The predicted octanol–water partition coefficient (Wildman–Crippen LogP) is 0.627. The van der Waals surface area contributed by atoms with Gasteiger partial charge in [-0.3, -0.25) is 0 Å². The van der Waals surface area contributed by atoms with Crippen LogP contribution in [-0.4, -0.2) is 59.1 Å². The summed E-state index contributed by atoms with van der Waals surface area (Å²) in [4.78, 5) is 0. The molecule has 0 aliphatic rings. The van der Waals surface area contributed by atoms with Crippen molar-refractivity contribution in [2.24, 2.45) is 0 Å². The molecule has 0 heterocycles. The summed E-state index contributed by atoms with van der Waals surface area (Å²) in [5, 5.41) is 3.74. The van der Waals surface area contributed by atoms with E-state index >= 15 is 0 Å². The summed E-state index contributed by atoms with van der Waals surface area (Å²) in [7, 11) is 1.81. The largest absolute Gasteiger partial charge is 0.665 e. The van der Waals surface area contributed by atoms with Crippen LogP contribution in [0.4, 0.5) is 0 Å². The zero-order valence-electron chi connectivity index (χ0n) is 4.36. The smallest absolute Gasteiger partial charge is 0 e. The van der Waals surface area contributed by atoms with Crippen molar-refractivity contribution in [3.05, 3.63) is 5.32 Å². The van der Waals surface area contributed by atoms with Crippen LogP contribution in [0.3, 0.4) is 0 Å². The van der Waals surface area contributed by atoms with E-state index < -0.39 is 0 Å². The third kappa shape index (κ3) is 16.4. The SMILES string of the molecule is CC[N-]C.[Sr].[Ti]. The fraction of sp³-hybridized carbons (Fsp3) is 1.00. The van der Waals surface area contributed by atoms with E-state index in [1.807, 2.05) is 6.92 Å². The van der Waals surface area contributed by atoms with Crippen LogP contribution in [0.5, 0.6) is 0 Å². The summed E-state index contributed by atoms with van der Waals surface area (Å²) < 4.78 is 0. The zero-order chi connectivity index (χ0) is 3.41. The molecule has 0 fully saturated rings. The quantitative estimate of drug-likeness (QED) is 0.543. The van der Waals surface area contributed by atoms with Gasteiger partial charge in [0.15, 0.2) is 0 Å². The first kappa shape index (κ1) is 15.7. The molecule has 0 aromatic carbocycles. The van der Waals surface area contributed by atoms with E-state index in [0.29, 0.717) is 0 Å². The van der Waals surface area contributed by atoms with Gasteiger partial charge in [0.2, 0.25) is 0 Å². The van der Waals surface area contributed by atoms with Crippen LogP contribution in [0, 0.1) is 0 Å². The molecule has 0 saturated heterocycles. The summed E-state index contributed by atoms with van der Waals surface area (Å²) in [6, 6.07) is 0. The van der Waals surface area contributed by atoms with Crippen molar-refractivity contribution in [1.82, 2.24) is 0 Å². The van der Waals surface area contributed by atoms with Gasteiger partial charge in [-0.25, -0.2) is 0 Å². The van der Waals surface area contributed by atoms with Gasteiger partial charge < -0.3 is 5.32 Å². The van der Waals surface area contributed by atoms with Crippen molar-refractivity contribution < 1.29 is 21.7 Å². The Morgan fingerprint density at radius 2 is 1.67 bits per heavy atom. The van der Waals surface area contributed by atoms with Crippen LogP contribution >= 0.6 is 0 Å². The summed E-state index contributed by atoms with van der Waals surface area (Å²) in [6.07, 6.45) is 0. The Balaban J connectivity index is -0.0000000450. The second-order valence-electron chi connectivity index (χ2n) is 0.632. The van der Waals surface area contributed by atoms with Crippen LogP contribution in [-0.2, 0) is 21.7 Å². The molecule has 0 N–H and O–H groups in total. The third-order valence-corrected chi connectivity index (χ3v) is 0.316. The molecule has 0 rings (SSSR count). The fourth-order valence-electron chi connectivity index (χ4n) is 0. The van der Waals surface area contributed by atoms with E-state index in [1.165, 1.54) is 0 Å². The van der Waals surface area contributed by atoms with Crippen molar-refractivity contribution >= 4 is 45.5 Å². The Labute approximate surface area is 91.4 Å². The van der Waals surface area contributed by atoms with Gasteiger partial charge in [0.05, 0.1) is 0 Å². The Bertz CT molecular complexity index is 12.8. The van der Waals surface area contributed by atoms with E-state index in [0.717, 1.165) is 6.54 Å². The van der Waals surface area contributed by atoms with Gasteiger partial charge in [-0.15, -0.1) is 0 Å². The van der Waals surface area contributed by atoms with Crippen LogP contribution in [0.25, 0.3) is 5.32 Å². The van der Waals surface area contributed by atoms with Crippen molar-refractivity contribution in [2.75, 3.05) is 13.6 Å². The molecule has 0 aromatic heterocycles. The van der Waals surface area contributed by atoms with Gasteiger partial charge in [0, 0.05) is 67.2 Å². The molecule has 0 saturated carbocycles. The molecular weight excluding hydrogens is 186 g/mol. The first-order valence-electron chi connectivity index (χ1n) is 1.47. The molecule has 0 spiro atoms. The molecule has 3 heteroatoms. The van der Waals surface area contributed by atoms with Gasteiger partial charge in [0.25, 0.3) is 0 Å². The molecule has 0 amide bonds. The number of hydrogen-bond donors (Lipinski definition) is 0. The maximum absolute atomic E-state index is 3.74. The number of nitrogens with zero attached hydrogens (tertiary/aromatic N) is 1. The molecule has 2 radical (unpaired) electrons. The van der Waals surface area contributed by atoms with E-state index in [1.54, 1.807) is 7.05 Å². The van der Waals surface area contributed by atoms with Crippen LogP contribution in [0.1, 0.15) is 6.92 Å². The summed E-state index contributed by atoms with van der Waals surface area (Å²) in [6.45, 7) is 2.96. The Hall–Kier alpha value is 2.15. The van der Waals surface area contributed by atoms with Gasteiger partial charge in [-0.05, 0) is 0 Å². The van der Waals surface area contributed by atoms with Gasteiger partial charge >= 0.3 is 0 Å². The molecule has 1 nitrogen and oxygen atoms in total. The number of hydrogen-bond acceptors (Lipinski definition) is 0. The molecule has 6 heavy (non-hydrogen) atoms. The Kier molecular flexibility index (Phi) is 41.1. The molecule has 0 aromatic rings. The monoisotopic (exact) mass is 194 g/mol. The van der Waals surface area contributed by atoms with E-state index in [2.05, 4.69) is 5.32 Å². The van der Waals surface area contributed by atoms with Gasteiger partial charge in [-0.1, -0.05) is 6.92 Å². The number of rotatable bonds is 1. The Morgan fingerprint density at radius 3 is 1.67 bits per heavy atom. The maximum Gasteiger partial charge on any atom is 0 e. The predicted molar refractivity (Wildman–Crippen MR) is 25.6 cm³/mol.